The van der Waals surface area contributed by atoms with Crippen LogP contribution in [-0.2, 0) is 6.54 Å². The first kappa shape index (κ1) is 13.1. The highest BCUT2D eigenvalue weighted by Crippen LogP contribution is 2.28. The Morgan fingerprint density at radius 1 is 1.28 bits per heavy atom. The molecule has 0 aliphatic carbocycles. The number of rotatable bonds is 4. The molecule has 3 heteroatoms. The van der Waals surface area contributed by atoms with Gasteiger partial charge in [-0.1, -0.05) is 26.0 Å². The third-order valence-corrected chi connectivity index (χ3v) is 3.18. The molecule has 2 nitrogen and oxygen atoms in total. The molecule has 18 heavy (non-hydrogen) atoms. The van der Waals surface area contributed by atoms with Crippen LogP contribution in [0.3, 0.4) is 0 Å². The number of nitrogens with one attached hydrogen (secondary N) is 1. The Kier molecular flexibility index (Phi) is 3.71. The van der Waals surface area contributed by atoms with E-state index in [0.29, 0.717) is 23.6 Å². The van der Waals surface area contributed by atoms with E-state index in [1.807, 2.05) is 13.0 Å². The monoisotopic (exact) mass is 249 g/mol. The Balaban J connectivity index is 2.30. The molecule has 0 saturated heterocycles. The summed E-state index contributed by atoms with van der Waals surface area (Å²) in [5.74, 6) is 1.18. The van der Waals surface area contributed by atoms with Gasteiger partial charge in [0.15, 0.2) is 11.4 Å². The van der Waals surface area contributed by atoms with Crippen LogP contribution in [0.2, 0.25) is 0 Å². The molecular formula is C15H20FNO. The van der Waals surface area contributed by atoms with Gasteiger partial charge in [0.05, 0.1) is 6.54 Å². The maximum Gasteiger partial charge on any atom is 0.170 e. The summed E-state index contributed by atoms with van der Waals surface area (Å²) in [6.45, 7) is 9.62. The van der Waals surface area contributed by atoms with Crippen molar-refractivity contribution in [3.05, 3.63) is 34.8 Å². The lowest BCUT2D eigenvalue weighted by atomic mass is 10.1. The lowest BCUT2D eigenvalue weighted by Crippen LogP contribution is -2.18. The zero-order valence-corrected chi connectivity index (χ0v) is 11.4. The van der Waals surface area contributed by atoms with Gasteiger partial charge in [0.25, 0.3) is 0 Å². The molecule has 0 aliphatic rings. The van der Waals surface area contributed by atoms with Gasteiger partial charge in [-0.05, 0) is 37.4 Å². The van der Waals surface area contributed by atoms with Crippen LogP contribution in [0.5, 0.6) is 0 Å². The molecule has 98 valence electrons. The van der Waals surface area contributed by atoms with Crippen molar-refractivity contribution >= 4 is 11.0 Å². The zero-order valence-electron chi connectivity index (χ0n) is 11.4. The van der Waals surface area contributed by atoms with Crippen molar-refractivity contribution in [2.45, 2.75) is 34.2 Å². The molecule has 0 atom stereocenters. The summed E-state index contributed by atoms with van der Waals surface area (Å²) in [5, 5.41) is 4.20. The van der Waals surface area contributed by atoms with E-state index >= 15 is 0 Å². The number of hydrogen-bond acceptors (Lipinski definition) is 2. The van der Waals surface area contributed by atoms with Crippen LogP contribution in [0, 0.1) is 25.6 Å². The molecule has 0 amide bonds. The summed E-state index contributed by atoms with van der Waals surface area (Å²) in [6.07, 6.45) is 0. The fourth-order valence-corrected chi connectivity index (χ4v) is 2.04. The molecule has 2 aromatic rings. The van der Waals surface area contributed by atoms with E-state index in [1.54, 1.807) is 13.0 Å². The minimum absolute atomic E-state index is 0.245. The number of fused-ring (bicyclic) bond motifs is 1. The van der Waals surface area contributed by atoms with Gasteiger partial charge in [0.1, 0.15) is 5.76 Å². The lowest BCUT2D eigenvalue weighted by Gasteiger charge is -2.05. The molecule has 1 aromatic carbocycles. The molecule has 0 radical (unpaired) electrons. The SMILES string of the molecule is Cc1ccc2c(C)c(CNCC(C)C)oc2c1F. The van der Waals surface area contributed by atoms with Gasteiger partial charge in [0.2, 0.25) is 0 Å². The van der Waals surface area contributed by atoms with E-state index in [4.69, 9.17) is 4.42 Å². The van der Waals surface area contributed by atoms with E-state index in [0.717, 1.165) is 23.3 Å². The molecule has 0 bridgehead atoms. The zero-order chi connectivity index (χ0) is 13.3. The number of halogens is 1. The van der Waals surface area contributed by atoms with E-state index in [2.05, 4.69) is 19.2 Å². The summed E-state index contributed by atoms with van der Waals surface area (Å²) in [4.78, 5) is 0. The van der Waals surface area contributed by atoms with Crippen LogP contribution in [0.1, 0.15) is 30.7 Å². The second-order valence-electron chi connectivity index (χ2n) is 5.25. The summed E-state index contributed by atoms with van der Waals surface area (Å²) in [7, 11) is 0. The van der Waals surface area contributed by atoms with Gasteiger partial charge in [0, 0.05) is 5.39 Å². The maximum absolute atomic E-state index is 13.9. The van der Waals surface area contributed by atoms with Gasteiger partial charge in [-0.15, -0.1) is 0 Å². The number of hydrogen-bond donors (Lipinski definition) is 1. The number of furan rings is 1. The Morgan fingerprint density at radius 2 is 2.00 bits per heavy atom. The molecular weight excluding hydrogens is 229 g/mol. The van der Waals surface area contributed by atoms with Crippen LogP contribution in [0.25, 0.3) is 11.0 Å². The van der Waals surface area contributed by atoms with Crippen molar-refractivity contribution in [2.24, 2.45) is 5.92 Å². The summed E-state index contributed by atoms with van der Waals surface area (Å²) in [5.41, 5.74) is 2.03. The van der Waals surface area contributed by atoms with E-state index in [1.165, 1.54) is 0 Å². The van der Waals surface area contributed by atoms with Gasteiger partial charge in [-0.25, -0.2) is 4.39 Å². The third-order valence-electron chi connectivity index (χ3n) is 3.18. The summed E-state index contributed by atoms with van der Waals surface area (Å²) < 4.78 is 19.6. The molecule has 0 aliphatic heterocycles. The van der Waals surface area contributed by atoms with Crippen LogP contribution < -0.4 is 5.32 Å². The highest BCUT2D eigenvalue weighted by molar-refractivity contribution is 5.83. The molecule has 0 unspecified atom stereocenters. The number of benzene rings is 1. The van der Waals surface area contributed by atoms with Gasteiger partial charge >= 0.3 is 0 Å². The summed E-state index contributed by atoms with van der Waals surface area (Å²) >= 11 is 0. The first-order chi connectivity index (χ1) is 8.50. The van der Waals surface area contributed by atoms with Crippen LogP contribution in [-0.4, -0.2) is 6.54 Å². The van der Waals surface area contributed by atoms with Crippen molar-refractivity contribution in [1.82, 2.24) is 5.32 Å². The topological polar surface area (TPSA) is 25.2 Å². The molecule has 2 rings (SSSR count). The third kappa shape index (κ3) is 2.41. The Hall–Kier alpha value is -1.35. The standard InChI is InChI=1S/C15H20FNO/c1-9(2)7-17-8-13-11(4)12-6-5-10(3)14(16)15(12)18-13/h5-6,9,17H,7-8H2,1-4H3. The fourth-order valence-electron chi connectivity index (χ4n) is 2.04. The van der Waals surface area contributed by atoms with Gasteiger partial charge < -0.3 is 9.73 Å². The smallest absolute Gasteiger partial charge is 0.170 e. The second kappa shape index (κ2) is 5.11. The molecule has 1 N–H and O–H groups in total. The lowest BCUT2D eigenvalue weighted by molar-refractivity contribution is 0.471. The van der Waals surface area contributed by atoms with Crippen molar-refractivity contribution in [3.63, 3.8) is 0 Å². The highest BCUT2D eigenvalue weighted by atomic mass is 19.1. The van der Waals surface area contributed by atoms with Crippen LogP contribution in [0.15, 0.2) is 16.5 Å². The van der Waals surface area contributed by atoms with Crippen molar-refractivity contribution in [1.29, 1.82) is 0 Å². The van der Waals surface area contributed by atoms with Gasteiger partial charge in [-0.3, -0.25) is 0 Å². The highest BCUT2D eigenvalue weighted by Gasteiger charge is 2.14. The molecule has 0 fully saturated rings. The molecule has 1 heterocycles. The van der Waals surface area contributed by atoms with Gasteiger partial charge in [-0.2, -0.15) is 0 Å². The Bertz CT molecular complexity index is 557. The number of aryl methyl sites for hydroxylation is 2. The van der Waals surface area contributed by atoms with E-state index in [-0.39, 0.29) is 5.82 Å². The largest absolute Gasteiger partial charge is 0.456 e. The predicted molar refractivity (Wildman–Crippen MR) is 72.2 cm³/mol. The minimum atomic E-state index is -0.245. The first-order valence-corrected chi connectivity index (χ1v) is 6.38. The molecule has 1 aromatic heterocycles. The van der Waals surface area contributed by atoms with Crippen molar-refractivity contribution < 1.29 is 8.81 Å². The van der Waals surface area contributed by atoms with Crippen LogP contribution >= 0.6 is 0 Å². The first-order valence-electron chi connectivity index (χ1n) is 6.38. The molecule has 0 saturated carbocycles. The predicted octanol–water partition coefficient (Wildman–Crippen LogP) is 3.93. The quantitative estimate of drug-likeness (QED) is 0.888. The average Bonchev–Trinajstić information content (AvgIpc) is 2.62. The normalized spacial score (nSPS) is 11.7. The van der Waals surface area contributed by atoms with Crippen molar-refractivity contribution in [3.8, 4) is 0 Å². The van der Waals surface area contributed by atoms with Crippen molar-refractivity contribution in [2.75, 3.05) is 6.54 Å². The maximum atomic E-state index is 13.9. The van der Waals surface area contributed by atoms with Crippen LogP contribution in [0.4, 0.5) is 4.39 Å². The minimum Gasteiger partial charge on any atom is -0.456 e. The Morgan fingerprint density at radius 3 is 2.67 bits per heavy atom. The molecule has 0 spiro atoms. The van der Waals surface area contributed by atoms with E-state index < -0.39 is 0 Å². The van der Waals surface area contributed by atoms with E-state index in [9.17, 15) is 4.39 Å². The fraction of sp³-hybridized carbons (Fsp3) is 0.467. The second-order valence-corrected chi connectivity index (χ2v) is 5.25. The Labute approximate surface area is 107 Å². The average molecular weight is 249 g/mol. The summed E-state index contributed by atoms with van der Waals surface area (Å²) in [6, 6.07) is 3.73.